The van der Waals surface area contributed by atoms with Crippen molar-refractivity contribution in [1.29, 1.82) is 0 Å². The number of hydrogen-bond donors (Lipinski definition) is 1. The highest BCUT2D eigenvalue weighted by Crippen LogP contribution is 2.17. The Labute approximate surface area is 90.1 Å². The van der Waals surface area contributed by atoms with E-state index in [4.69, 9.17) is 9.94 Å². The number of nitro groups is 1. The van der Waals surface area contributed by atoms with Gasteiger partial charge in [-0.3, -0.25) is 10.1 Å². The van der Waals surface area contributed by atoms with Crippen LogP contribution < -0.4 is 4.84 Å². The maximum Gasteiger partial charge on any atom is 0.353 e. The van der Waals surface area contributed by atoms with Gasteiger partial charge in [0.15, 0.2) is 11.5 Å². The average Bonchev–Trinajstić information content (AvgIpc) is 2.26. The zero-order valence-corrected chi connectivity index (χ0v) is 8.28. The van der Waals surface area contributed by atoms with Crippen molar-refractivity contribution in [1.82, 2.24) is 0 Å². The number of aliphatic carboxylic acids is 1. The Morgan fingerprint density at radius 2 is 2.00 bits per heavy atom. The summed E-state index contributed by atoms with van der Waals surface area (Å²) in [4.78, 5) is 24.9. The molecule has 1 rings (SSSR count). The molecular formula is C9H8N2O5. The summed E-state index contributed by atoms with van der Waals surface area (Å²) in [5.41, 5.74) is -0.287. The normalized spacial score (nSPS) is 10.9. The molecule has 0 amide bonds. The lowest BCUT2D eigenvalue weighted by molar-refractivity contribution is -0.384. The van der Waals surface area contributed by atoms with E-state index in [1.807, 2.05) is 0 Å². The number of non-ortho nitro benzene ring substituents is 1. The quantitative estimate of drug-likeness (QED) is 0.473. The van der Waals surface area contributed by atoms with Crippen LogP contribution in [0.5, 0.6) is 5.75 Å². The zero-order chi connectivity index (χ0) is 12.1. The van der Waals surface area contributed by atoms with Crippen molar-refractivity contribution in [3.05, 3.63) is 34.4 Å². The van der Waals surface area contributed by atoms with Gasteiger partial charge >= 0.3 is 5.97 Å². The second-order valence-electron chi connectivity index (χ2n) is 2.82. The smallest absolute Gasteiger partial charge is 0.353 e. The lowest BCUT2D eigenvalue weighted by Crippen LogP contribution is -2.09. The molecule has 0 aliphatic heterocycles. The highest BCUT2D eigenvalue weighted by atomic mass is 16.6. The molecule has 84 valence electrons. The first-order valence-corrected chi connectivity index (χ1v) is 4.20. The second-order valence-corrected chi connectivity index (χ2v) is 2.82. The molecule has 0 fully saturated rings. The highest BCUT2D eigenvalue weighted by molar-refractivity contribution is 6.34. The molecule has 0 saturated heterocycles. The molecule has 0 atom stereocenters. The summed E-state index contributed by atoms with van der Waals surface area (Å²) in [6.07, 6.45) is 0. The molecule has 7 nitrogen and oxygen atoms in total. The Morgan fingerprint density at radius 3 is 2.44 bits per heavy atom. The standard InChI is InChI=1S/C9H8N2O5/c1-6(9(12)13)10-16-8-4-2-7(3-5-8)11(14)15/h2-5H,1H3,(H,12,13)/b10-6+. The minimum atomic E-state index is -1.19. The molecule has 1 aromatic rings. The lowest BCUT2D eigenvalue weighted by atomic mass is 10.3. The lowest BCUT2D eigenvalue weighted by Gasteiger charge is -1.98. The number of benzene rings is 1. The first-order chi connectivity index (χ1) is 7.50. The third kappa shape index (κ3) is 3.05. The Bertz CT molecular complexity index is 438. The number of hydrogen-bond acceptors (Lipinski definition) is 5. The van der Waals surface area contributed by atoms with Crippen molar-refractivity contribution >= 4 is 17.4 Å². The van der Waals surface area contributed by atoms with E-state index in [1.54, 1.807) is 0 Å². The number of carbonyl (C=O) groups is 1. The van der Waals surface area contributed by atoms with E-state index in [0.29, 0.717) is 0 Å². The van der Waals surface area contributed by atoms with Crippen LogP contribution >= 0.6 is 0 Å². The van der Waals surface area contributed by atoms with Crippen LogP contribution in [0.15, 0.2) is 29.4 Å². The van der Waals surface area contributed by atoms with Crippen LogP contribution in [0, 0.1) is 10.1 Å². The maximum absolute atomic E-state index is 10.4. The van der Waals surface area contributed by atoms with Crippen molar-refractivity contribution in [2.75, 3.05) is 0 Å². The van der Waals surface area contributed by atoms with Gasteiger partial charge in [-0.1, -0.05) is 5.16 Å². The van der Waals surface area contributed by atoms with E-state index in [9.17, 15) is 14.9 Å². The maximum atomic E-state index is 10.4. The van der Waals surface area contributed by atoms with Crippen molar-refractivity contribution in [3.8, 4) is 5.75 Å². The summed E-state index contributed by atoms with van der Waals surface area (Å²) in [5, 5.41) is 22.1. The third-order valence-electron chi connectivity index (χ3n) is 1.65. The van der Waals surface area contributed by atoms with Gasteiger partial charge in [0.05, 0.1) is 4.92 Å². The molecule has 0 unspecified atom stereocenters. The van der Waals surface area contributed by atoms with Crippen molar-refractivity contribution < 1.29 is 19.7 Å². The Kier molecular flexibility index (Phi) is 3.54. The molecule has 0 saturated carbocycles. The summed E-state index contributed by atoms with van der Waals surface area (Å²) >= 11 is 0. The van der Waals surface area contributed by atoms with Gasteiger partial charge in [0, 0.05) is 12.1 Å². The summed E-state index contributed by atoms with van der Waals surface area (Å²) in [5.74, 6) is -0.965. The largest absolute Gasteiger partial charge is 0.477 e. The summed E-state index contributed by atoms with van der Waals surface area (Å²) < 4.78 is 0. The van der Waals surface area contributed by atoms with Crippen LogP contribution in [0.1, 0.15) is 6.92 Å². The van der Waals surface area contributed by atoms with E-state index in [2.05, 4.69) is 5.16 Å². The van der Waals surface area contributed by atoms with Crippen LogP contribution in [0.3, 0.4) is 0 Å². The van der Waals surface area contributed by atoms with Crippen molar-refractivity contribution in [2.45, 2.75) is 6.92 Å². The number of rotatable bonds is 4. The summed E-state index contributed by atoms with van der Waals surface area (Å²) in [6, 6.07) is 5.13. The molecule has 0 aliphatic carbocycles. The number of carboxylic acids is 1. The predicted octanol–water partition coefficient (Wildman–Crippen LogP) is 1.43. The molecule has 0 heterocycles. The fourth-order valence-corrected chi connectivity index (χ4v) is 0.789. The molecule has 0 aliphatic rings. The van der Waals surface area contributed by atoms with Gasteiger partial charge in [0.1, 0.15) is 0 Å². The van der Waals surface area contributed by atoms with Gasteiger partial charge in [0.2, 0.25) is 0 Å². The topological polar surface area (TPSA) is 102 Å². The van der Waals surface area contributed by atoms with Gasteiger partial charge < -0.3 is 9.94 Å². The SMILES string of the molecule is C/C(=N\Oc1ccc([N+](=O)[O-])cc1)C(=O)O. The Balaban J connectivity index is 2.73. The van der Waals surface area contributed by atoms with Gasteiger partial charge in [-0.05, 0) is 19.1 Å². The molecule has 0 radical (unpaired) electrons. The van der Waals surface area contributed by atoms with Crippen molar-refractivity contribution in [3.63, 3.8) is 0 Å². The average molecular weight is 224 g/mol. The highest BCUT2D eigenvalue weighted by Gasteiger charge is 2.05. The molecule has 0 aromatic heterocycles. The van der Waals surface area contributed by atoms with Gasteiger partial charge in [-0.25, -0.2) is 4.79 Å². The molecule has 0 spiro atoms. The second kappa shape index (κ2) is 4.87. The number of oxime groups is 1. The predicted molar refractivity (Wildman–Crippen MR) is 54.5 cm³/mol. The molecule has 0 bridgehead atoms. The van der Waals surface area contributed by atoms with E-state index >= 15 is 0 Å². The van der Waals surface area contributed by atoms with Gasteiger partial charge in [-0.2, -0.15) is 0 Å². The number of nitro benzene ring substituents is 1. The van der Waals surface area contributed by atoms with Crippen LogP contribution in [-0.4, -0.2) is 21.7 Å². The van der Waals surface area contributed by atoms with Crippen LogP contribution in [0.2, 0.25) is 0 Å². The van der Waals surface area contributed by atoms with E-state index < -0.39 is 10.9 Å². The first-order valence-electron chi connectivity index (χ1n) is 4.20. The van der Waals surface area contributed by atoms with E-state index in [-0.39, 0.29) is 17.1 Å². The number of carboxylic acid groups (broad SMARTS) is 1. The zero-order valence-electron chi connectivity index (χ0n) is 8.28. The molecule has 16 heavy (non-hydrogen) atoms. The fraction of sp³-hybridized carbons (Fsp3) is 0.111. The van der Waals surface area contributed by atoms with Crippen LogP contribution in [-0.2, 0) is 4.79 Å². The molecular weight excluding hydrogens is 216 g/mol. The van der Waals surface area contributed by atoms with Crippen LogP contribution in [0.25, 0.3) is 0 Å². The minimum absolute atomic E-state index is 0.0775. The van der Waals surface area contributed by atoms with E-state index in [1.165, 1.54) is 31.2 Å². The van der Waals surface area contributed by atoms with Gasteiger partial charge in [0.25, 0.3) is 5.69 Å². The molecule has 7 heteroatoms. The summed E-state index contributed by atoms with van der Waals surface area (Å²) in [7, 11) is 0. The van der Waals surface area contributed by atoms with Crippen LogP contribution in [0.4, 0.5) is 5.69 Å². The van der Waals surface area contributed by atoms with Crippen molar-refractivity contribution in [2.24, 2.45) is 5.16 Å². The van der Waals surface area contributed by atoms with Gasteiger partial charge in [-0.15, -0.1) is 0 Å². The van der Waals surface area contributed by atoms with E-state index in [0.717, 1.165) is 0 Å². The first kappa shape index (κ1) is 11.6. The minimum Gasteiger partial charge on any atom is -0.477 e. The number of nitrogens with zero attached hydrogens (tertiary/aromatic N) is 2. The monoisotopic (exact) mass is 224 g/mol. The Morgan fingerprint density at radius 1 is 1.44 bits per heavy atom. The third-order valence-corrected chi connectivity index (χ3v) is 1.65. The Hall–Kier alpha value is -2.44. The summed E-state index contributed by atoms with van der Waals surface area (Å²) in [6.45, 7) is 1.27. The molecule has 1 aromatic carbocycles. The molecule has 1 N–H and O–H groups in total. The fourth-order valence-electron chi connectivity index (χ4n) is 0.789.